The van der Waals surface area contributed by atoms with E-state index in [9.17, 15) is 4.39 Å². The number of rotatable bonds is 4. The van der Waals surface area contributed by atoms with Crippen LogP contribution in [0.15, 0.2) is 34.8 Å². The molecule has 0 aliphatic carbocycles. The third-order valence-electron chi connectivity index (χ3n) is 1.85. The Labute approximate surface area is 91.9 Å². The molecule has 0 atom stereocenters. The van der Waals surface area contributed by atoms with Crippen LogP contribution in [-0.2, 0) is 6.42 Å². The maximum atomic E-state index is 12.9. The van der Waals surface area contributed by atoms with Gasteiger partial charge >= 0.3 is 0 Å². The first-order chi connectivity index (χ1) is 6.74. The van der Waals surface area contributed by atoms with E-state index >= 15 is 0 Å². The number of hydrogen-bond acceptors (Lipinski definition) is 1. The molecule has 1 rings (SSSR count). The molecule has 0 aliphatic heterocycles. The van der Waals surface area contributed by atoms with E-state index in [4.69, 9.17) is 5.73 Å². The molecule has 0 heterocycles. The Balaban J connectivity index is 2.62. The van der Waals surface area contributed by atoms with Gasteiger partial charge in [-0.25, -0.2) is 4.39 Å². The quantitative estimate of drug-likeness (QED) is 0.825. The normalized spacial score (nSPS) is 11.1. The van der Waals surface area contributed by atoms with Gasteiger partial charge in [0, 0.05) is 4.47 Å². The van der Waals surface area contributed by atoms with Crippen molar-refractivity contribution in [2.75, 3.05) is 6.54 Å². The van der Waals surface area contributed by atoms with Crippen LogP contribution in [-0.4, -0.2) is 6.54 Å². The van der Waals surface area contributed by atoms with Crippen LogP contribution in [0.5, 0.6) is 0 Å². The first-order valence-electron chi connectivity index (χ1n) is 4.53. The van der Waals surface area contributed by atoms with Gasteiger partial charge in [0.15, 0.2) is 0 Å². The van der Waals surface area contributed by atoms with E-state index in [0.717, 1.165) is 22.9 Å². The van der Waals surface area contributed by atoms with E-state index in [-0.39, 0.29) is 5.82 Å². The highest BCUT2D eigenvalue weighted by Gasteiger charge is 1.98. The zero-order valence-corrected chi connectivity index (χ0v) is 9.43. The van der Waals surface area contributed by atoms with Crippen LogP contribution in [0.3, 0.4) is 0 Å². The minimum atomic E-state index is -0.199. The fraction of sp³-hybridized carbons (Fsp3) is 0.273. The molecule has 0 bridgehead atoms. The summed E-state index contributed by atoms with van der Waals surface area (Å²) in [5.74, 6) is -0.199. The molecular weight excluding hydrogens is 245 g/mol. The summed E-state index contributed by atoms with van der Waals surface area (Å²) in [6, 6.07) is 4.70. The second-order valence-electron chi connectivity index (χ2n) is 2.99. The lowest BCUT2D eigenvalue weighted by molar-refractivity contribution is 0.625. The van der Waals surface area contributed by atoms with Gasteiger partial charge in [0.2, 0.25) is 0 Å². The third kappa shape index (κ3) is 3.60. The molecule has 0 saturated carbocycles. The van der Waals surface area contributed by atoms with E-state index in [0.29, 0.717) is 6.54 Å². The fourth-order valence-corrected chi connectivity index (χ4v) is 1.53. The van der Waals surface area contributed by atoms with Gasteiger partial charge in [0.1, 0.15) is 5.82 Å². The van der Waals surface area contributed by atoms with Crippen molar-refractivity contribution >= 4 is 15.9 Å². The Kier molecular flexibility index (Phi) is 4.84. The molecule has 0 saturated heterocycles. The van der Waals surface area contributed by atoms with Gasteiger partial charge in [0.05, 0.1) is 0 Å². The average molecular weight is 258 g/mol. The lowest BCUT2D eigenvalue weighted by Crippen LogP contribution is -1.95. The van der Waals surface area contributed by atoms with Gasteiger partial charge in [-0.1, -0.05) is 28.1 Å². The molecule has 0 spiro atoms. The van der Waals surface area contributed by atoms with Gasteiger partial charge < -0.3 is 5.73 Å². The summed E-state index contributed by atoms with van der Waals surface area (Å²) in [5.41, 5.74) is 6.30. The van der Waals surface area contributed by atoms with E-state index in [1.165, 1.54) is 12.1 Å². The van der Waals surface area contributed by atoms with Gasteiger partial charge in [-0.3, -0.25) is 0 Å². The fourth-order valence-electron chi connectivity index (χ4n) is 1.12. The van der Waals surface area contributed by atoms with Crippen molar-refractivity contribution in [1.82, 2.24) is 0 Å². The largest absolute Gasteiger partial charge is 0.330 e. The molecule has 76 valence electrons. The summed E-state index contributed by atoms with van der Waals surface area (Å²) in [5, 5.41) is 0. The topological polar surface area (TPSA) is 26.0 Å². The highest BCUT2D eigenvalue weighted by atomic mass is 79.9. The number of benzene rings is 1. The van der Waals surface area contributed by atoms with Crippen LogP contribution in [0.1, 0.15) is 12.0 Å². The van der Waals surface area contributed by atoms with E-state index in [2.05, 4.69) is 15.9 Å². The summed E-state index contributed by atoms with van der Waals surface area (Å²) in [6.07, 6.45) is 5.62. The lowest BCUT2D eigenvalue weighted by atomic mass is 10.1. The molecule has 0 fully saturated rings. The van der Waals surface area contributed by atoms with Crippen molar-refractivity contribution < 1.29 is 4.39 Å². The van der Waals surface area contributed by atoms with Crippen LogP contribution >= 0.6 is 15.9 Å². The van der Waals surface area contributed by atoms with E-state index in [1.54, 1.807) is 6.07 Å². The molecule has 1 aromatic rings. The van der Waals surface area contributed by atoms with Crippen molar-refractivity contribution in [3.63, 3.8) is 0 Å². The van der Waals surface area contributed by atoms with Crippen molar-refractivity contribution in [2.45, 2.75) is 12.8 Å². The Morgan fingerprint density at radius 2 is 2.14 bits per heavy atom. The van der Waals surface area contributed by atoms with Crippen molar-refractivity contribution in [3.8, 4) is 0 Å². The maximum Gasteiger partial charge on any atom is 0.123 e. The van der Waals surface area contributed by atoms with Crippen LogP contribution in [0.4, 0.5) is 4.39 Å². The molecule has 0 unspecified atom stereocenters. The number of allylic oxidation sites excluding steroid dienone is 1. The highest BCUT2D eigenvalue weighted by Crippen LogP contribution is 2.18. The molecule has 0 aliphatic rings. The SMILES string of the molecule is NCCC=CCc1cc(F)ccc1Br. The molecule has 0 radical (unpaired) electrons. The minimum Gasteiger partial charge on any atom is -0.330 e. The molecule has 1 aromatic carbocycles. The molecule has 0 amide bonds. The Morgan fingerprint density at radius 1 is 1.36 bits per heavy atom. The molecule has 2 N–H and O–H groups in total. The summed E-state index contributed by atoms with van der Waals surface area (Å²) in [4.78, 5) is 0. The molecule has 0 aromatic heterocycles. The van der Waals surface area contributed by atoms with Gasteiger partial charge in [-0.15, -0.1) is 0 Å². The van der Waals surface area contributed by atoms with Crippen LogP contribution in [0, 0.1) is 5.82 Å². The monoisotopic (exact) mass is 257 g/mol. The second kappa shape index (κ2) is 5.94. The van der Waals surface area contributed by atoms with E-state index in [1.807, 2.05) is 12.2 Å². The average Bonchev–Trinajstić information content (AvgIpc) is 2.18. The van der Waals surface area contributed by atoms with E-state index < -0.39 is 0 Å². The Hall–Kier alpha value is -0.670. The maximum absolute atomic E-state index is 12.9. The minimum absolute atomic E-state index is 0.199. The molecule has 1 nitrogen and oxygen atoms in total. The second-order valence-corrected chi connectivity index (χ2v) is 3.84. The van der Waals surface area contributed by atoms with Crippen molar-refractivity contribution in [3.05, 3.63) is 46.2 Å². The Bertz CT molecular complexity index is 323. The number of nitrogens with two attached hydrogens (primary N) is 1. The van der Waals surface area contributed by atoms with Gasteiger partial charge in [0.25, 0.3) is 0 Å². The number of hydrogen-bond donors (Lipinski definition) is 1. The van der Waals surface area contributed by atoms with Crippen molar-refractivity contribution in [2.24, 2.45) is 5.73 Å². The van der Waals surface area contributed by atoms with Crippen LogP contribution < -0.4 is 5.73 Å². The number of halogens is 2. The van der Waals surface area contributed by atoms with Crippen LogP contribution in [0.2, 0.25) is 0 Å². The molecule has 14 heavy (non-hydrogen) atoms. The third-order valence-corrected chi connectivity index (χ3v) is 2.62. The smallest absolute Gasteiger partial charge is 0.123 e. The van der Waals surface area contributed by atoms with Gasteiger partial charge in [-0.05, 0) is 43.1 Å². The summed E-state index contributed by atoms with van der Waals surface area (Å²) in [6.45, 7) is 0.654. The Morgan fingerprint density at radius 3 is 2.86 bits per heavy atom. The summed E-state index contributed by atoms with van der Waals surface area (Å²) in [7, 11) is 0. The summed E-state index contributed by atoms with van der Waals surface area (Å²) < 4.78 is 13.8. The van der Waals surface area contributed by atoms with Crippen LogP contribution in [0.25, 0.3) is 0 Å². The van der Waals surface area contributed by atoms with Crippen molar-refractivity contribution in [1.29, 1.82) is 0 Å². The summed E-state index contributed by atoms with van der Waals surface area (Å²) >= 11 is 3.37. The first-order valence-corrected chi connectivity index (χ1v) is 5.32. The van der Waals surface area contributed by atoms with Gasteiger partial charge in [-0.2, -0.15) is 0 Å². The predicted octanol–water partition coefficient (Wildman–Crippen LogP) is 3.04. The molecular formula is C11H13BrFN. The predicted molar refractivity (Wildman–Crippen MR) is 60.6 cm³/mol. The molecule has 3 heteroatoms. The highest BCUT2D eigenvalue weighted by molar-refractivity contribution is 9.10. The standard InChI is InChI=1S/C11H13BrFN/c12-11-6-5-10(13)8-9(11)4-2-1-3-7-14/h1-2,5-6,8H,3-4,7,14H2. The zero-order valence-electron chi connectivity index (χ0n) is 7.84. The first kappa shape index (κ1) is 11.4. The lowest BCUT2D eigenvalue weighted by Gasteiger charge is -2.00. The zero-order chi connectivity index (χ0) is 10.4.